The van der Waals surface area contributed by atoms with E-state index in [1.807, 2.05) is 19.1 Å². The van der Waals surface area contributed by atoms with E-state index in [1.54, 1.807) is 12.1 Å². The minimum Gasteiger partial charge on any atom is -0.488 e. The van der Waals surface area contributed by atoms with Gasteiger partial charge in [0.25, 0.3) is 5.69 Å². The molecule has 0 saturated carbocycles. The van der Waals surface area contributed by atoms with Crippen LogP contribution < -0.4 is 10.5 Å². The molecule has 1 atom stereocenters. The highest BCUT2D eigenvalue weighted by Gasteiger charge is 2.16. The number of nitrogens with zero attached hydrogens (tertiary/aromatic N) is 1. The van der Waals surface area contributed by atoms with Crippen LogP contribution in [0.4, 0.5) is 10.1 Å². The van der Waals surface area contributed by atoms with E-state index in [4.69, 9.17) is 10.5 Å². The van der Waals surface area contributed by atoms with E-state index >= 15 is 0 Å². The number of para-hydroxylation sites is 1. The molecule has 2 aromatic rings. The number of benzene rings is 2. The lowest BCUT2D eigenvalue weighted by Crippen LogP contribution is -2.08. The van der Waals surface area contributed by atoms with Gasteiger partial charge >= 0.3 is 0 Å². The Morgan fingerprint density at radius 1 is 1.33 bits per heavy atom. The molecule has 0 bridgehead atoms. The van der Waals surface area contributed by atoms with Gasteiger partial charge in [-0.25, -0.2) is 4.39 Å². The van der Waals surface area contributed by atoms with E-state index in [2.05, 4.69) is 0 Å². The maximum absolute atomic E-state index is 13.2. The predicted molar refractivity (Wildman–Crippen MR) is 76.4 cm³/mol. The fourth-order valence-corrected chi connectivity index (χ4v) is 1.99. The summed E-state index contributed by atoms with van der Waals surface area (Å²) in [5, 5.41) is 10.9. The van der Waals surface area contributed by atoms with Crippen LogP contribution in [-0.2, 0) is 6.61 Å². The van der Waals surface area contributed by atoms with Gasteiger partial charge in [-0.15, -0.1) is 0 Å². The summed E-state index contributed by atoms with van der Waals surface area (Å²) in [5.74, 6) is -0.00858. The molecule has 0 radical (unpaired) electrons. The van der Waals surface area contributed by atoms with Crippen LogP contribution in [0.5, 0.6) is 5.75 Å². The van der Waals surface area contributed by atoms with Gasteiger partial charge < -0.3 is 10.5 Å². The van der Waals surface area contributed by atoms with Crippen molar-refractivity contribution in [2.45, 2.75) is 19.6 Å². The Bertz CT molecular complexity index is 659. The molecular weight excluding hydrogens is 275 g/mol. The zero-order valence-corrected chi connectivity index (χ0v) is 11.5. The normalized spacial score (nSPS) is 12.0. The van der Waals surface area contributed by atoms with Crippen LogP contribution in [0.1, 0.15) is 24.1 Å². The number of nitro benzene ring substituents is 1. The van der Waals surface area contributed by atoms with Gasteiger partial charge in [0.1, 0.15) is 18.2 Å². The van der Waals surface area contributed by atoms with Gasteiger partial charge in [0, 0.05) is 17.7 Å². The molecule has 0 aliphatic carbocycles. The average Bonchev–Trinajstić information content (AvgIpc) is 2.45. The highest BCUT2D eigenvalue weighted by Crippen LogP contribution is 2.26. The second-order valence-corrected chi connectivity index (χ2v) is 4.65. The third-order valence-electron chi connectivity index (χ3n) is 3.03. The van der Waals surface area contributed by atoms with Crippen molar-refractivity contribution in [3.8, 4) is 5.75 Å². The summed E-state index contributed by atoms with van der Waals surface area (Å²) in [6.45, 7) is 1.71. The van der Waals surface area contributed by atoms with Crippen molar-refractivity contribution in [2.24, 2.45) is 5.73 Å². The highest BCUT2D eigenvalue weighted by atomic mass is 19.1. The highest BCUT2D eigenvalue weighted by molar-refractivity contribution is 5.41. The van der Waals surface area contributed by atoms with Crippen LogP contribution in [0, 0.1) is 15.9 Å². The fraction of sp³-hybridized carbons (Fsp3) is 0.200. The first-order valence-corrected chi connectivity index (χ1v) is 6.39. The first-order valence-electron chi connectivity index (χ1n) is 6.39. The van der Waals surface area contributed by atoms with E-state index in [9.17, 15) is 14.5 Å². The molecule has 0 aliphatic heterocycles. The van der Waals surface area contributed by atoms with Crippen molar-refractivity contribution in [1.29, 1.82) is 0 Å². The molecule has 2 rings (SSSR count). The Morgan fingerprint density at radius 2 is 2.05 bits per heavy atom. The van der Waals surface area contributed by atoms with Crippen molar-refractivity contribution in [2.75, 3.05) is 0 Å². The fourth-order valence-electron chi connectivity index (χ4n) is 1.99. The van der Waals surface area contributed by atoms with E-state index in [-0.39, 0.29) is 23.9 Å². The van der Waals surface area contributed by atoms with Crippen molar-refractivity contribution in [1.82, 2.24) is 0 Å². The maximum atomic E-state index is 13.2. The van der Waals surface area contributed by atoms with Gasteiger partial charge in [-0.3, -0.25) is 10.1 Å². The maximum Gasteiger partial charge on any atom is 0.276 e. The third kappa shape index (κ3) is 3.55. The smallest absolute Gasteiger partial charge is 0.276 e. The molecule has 0 heterocycles. The molecule has 2 aromatic carbocycles. The van der Waals surface area contributed by atoms with Crippen LogP contribution in [0.25, 0.3) is 0 Å². The quantitative estimate of drug-likeness (QED) is 0.676. The summed E-state index contributed by atoms with van der Waals surface area (Å²) in [6.07, 6.45) is 0. The van der Waals surface area contributed by atoms with E-state index in [1.165, 1.54) is 0 Å². The van der Waals surface area contributed by atoms with Crippen molar-refractivity contribution in [3.63, 3.8) is 0 Å². The minimum absolute atomic E-state index is 0.0994. The lowest BCUT2D eigenvalue weighted by molar-refractivity contribution is -0.385. The zero-order valence-electron chi connectivity index (χ0n) is 11.5. The zero-order chi connectivity index (χ0) is 15.4. The second-order valence-electron chi connectivity index (χ2n) is 4.65. The summed E-state index contributed by atoms with van der Waals surface area (Å²) < 4.78 is 18.8. The van der Waals surface area contributed by atoms with E-state index < -0.39 is 10.7 Å². The number of ether oxygens (including phenoxy) is 1. The predicted octanol–water partition coefficient (Wildman–Crippen LogP) is 3.33. The molecule has 21 heavy (non-hydrogen) atoms. The van der Waals surface area contributed by atoms with Gasteiger partial charge in [-0.05, 0) is 25.1 Å². The van der Waals surface area contributed by atoms with Crippen molar-refractivity contribution >= 4 is 5.69 Å². The lowest BCUT2D eigenvalue weighted by atomic mass is 10.1. The van der Waals surface area contributed by atoms with Gasteiger partial charge in [0.05, 0.1) is 10.5 Å². The summed E-state index contributed by atoms with van der Waals surface area (Å²) in [6, 6.07) is 10.2. The van der Waals surface area contributed by atoms with Gasteiger partial charge in [0.2, 0.25) is 0 Å². The molecule has 0 aromatic heterocycles. The standard InChI is InChI=1S/C15H15FN2O3/c1-10(17)13-4-2-3-5-15(13)21-9-11-8-12(16)6-7-14(11)18(19)20/h2-8,10H,9,17H2,1H3/t10-/m0/s1. The first-order chi connectivity index (χ1) is 9.99. The first kappa shape index (κ1) is 14.9. The van der Waals surface area contributed by atoms with E-state index in [0.717, 1.165) is 23.8 Å². The van der Waals surface area contributed by atoms with Crippen LogP contribution in [0.15, 0.2) is 42.5 Å². The van der Waals surface area contributed by atoms with Gasteiger partial charge in [0.15, 0.2) is 0 Å². The Balaban J connectivity index is 2.25. The monoisotopic (exact) mass is 290 g/mol. The Kier molecular flexibility index (Phi) is 4.49. The molecule has 5 nitrogen and oxygen atoms in total. The van der Waals surface area contributed by atoms with Crippen LogP contribution in [0.2, 0.25) is 0 Å². The summed E-state index contributed by atoms with van der Waals surface area (Å²) in [4.78, 5) is 10.4. The molecule has 0 fully saturated rings. The minimum atomic E-state index is -0.560. The molecule has 0 aliphatic rings. The number of rotatable bonds is 5. The molecule has 110 valence electrons. The number of nitro groups is 1. The molecule has 0 amide bonds. The SMILES string of the molecule is C[C@H](N)c1ccccc1OCc1cc(F)ccc1[N+](=O)[O-]. The molecular formula is C15H15FN2O3. The molecule has 0 saturated heterocycles. The molecule has 2 N–H and O–H groups in total. The Labute approximate surface area is 121 Å². The van der Waals surface area contributed by atoms with Crippen LogP contribution in [0.3, 0.4) is 0 Å². The molecule has 0 spiro atoms. The van der Waals surface area contributed by atoms with Crippen molar-refractivity contribution in [3.05, 3.63) is 69.5 Å². The second kappa shape index (κ2) is 6.32. The van der Waals surface area contributed by atoms with Gasteiger partial charge in [-0.1, -0.05) is 18.2 Å². The Hall–Kier alpha value is -2.47. The summed E-state index contributed by atoms with van der Waals surface area (Å²) in [7, 11) is 0. The third-order valence-corrected chi connectivity index (χ3v) is 3.03. The van der Waals surface area contributed by atoms with E-state index in [0.29, 0.717) is 5.75 Å². The number of halogens is 1. The topological polar surface area (TPSA) is 78.4 Å². The number of hydrogen-bond donors (Lipinski definition) is 1. The van der Waals surface area contributed by atoms with Crippen LogP contribution >= 0.6 is 0 Å². The molecule has 6 heteroatoms. The van der Waals surface area contributed by atoms with Crippen molar-refractivity contribution < 1.29 is 14.1 Å². The summed E-state index contributed by atoms with van der Waals surface area (Å²) in [5.41, 5.74) is 6.63. The average molecular weight is 290 g/mol. The number of hydrogen-bond acceptors (Lipinski definition) is 4. The summed E-state index contributed by atoms with van der Waals surface area (Å²) >= 11 is 0. The van der Waals surface area contributed by atoms with Crippen LogP contribution in [-0.4, -0.2) is 4.92 Å². The Morgan fingerprint density at radius 3 is 2.71 bits per heavy atom. The van der Waals surface area contributed by atoms with Gasteiger partial charge in [-0.2, -0.15) is 0 Å². The molecule has 0 unspecified atom stereocenters. The largest absolute Gasteiger partial charge is 0.488 e. The lowest BCUT2D eigenvalue weighted by Gasteiger charge is -2.13. The number of nitrogens with two attached hydrogens (primary N) is 1.